The predicted molar refractivity (Wildman–Crippen MR) is 70.1 cm³/mol. The number of carbonyl (C=O) groups excluding carboxylic acids is 1. The second-order valence-corrected chi connectivity index (χ2v) is 3.98. The zero-order valence-electron chi connectivity index (χ0n) is 11.3. The van der Waals surface area contributed by atoms with Crippen LogP contribution in [0.25, 0.3) is 0 Å². The maximum atomic E-state index is 12.0. The summed E-state index contributed by atoms with van der Waals surface area (Å²) in [6.45, 7) is -0.335. The number of aliphatic carboxylic acids is 1. The third-order valence-corrected chi connectivity index (χ3v) is 2.63. The van der Waals surface area contributed by atoms with E-state index in [0.717, 1.165) is 0 Å². The van der Waals surface area contributed by atoms with Crippen LogP contribution >= 0.6 is 0 Å². The molecule has 0 spiro atoms. The summed E-state index contributed by atoms with van der Waals surface area (Å²) in [5, 5.41) is 20.0. The fourth-order valence-corrected chi connectivity index (χ4v) is 1.57. The van der Waals surface area contributed by atoms with Crippen molar-refractivity contribution in [2.75, 3.05) is 20.8 Å². The Morgan fingerprint density at radius 2 is 1.75 bits per heavy atom. The summed E-state index contributed by atoms with van der Waals surface area (Å²) in [7, 11) is 2.89. The number of amides is 1. The lowest BCUT2D eigenvalue weighted by molar-refractivity contribution is -0.139. The highest BCUT2D eigenvalue weighted by atomic mass is 16.5. The number of ether oxygens (including phenoxy) is 2. The van der Waals surface area contributed by atoms with Crippen LogP contribution in [0.4, 0.5) is 0 Å². The molecule has 0 heterocycles. The van der Waals surface area contributed by atoms with Crippen molar-refractivity contribution in [2.24, 2.45) is 0 Å². The Morgan fingerprint density at radius 3 is 2.15 bits per heavy atom. The Labute approximate surface area is 116 Å². The molecule has 7 nitrogen and oxygen atoms in total. The molecule has 0 saturated heterocycles. The van der Waals surface area contributed by atoms with Crippen LogP contribution in [0.2, 0.25) is 0 Å². The molecule has 0 aliphatic rings. The number of hydrogen-bond donors (Lipinski definition) is 3. The number of carbonyl (C=O) groups is 2. The van der Waals surface area contributed by atoms with Crippen molar-refractivity contribution in [1.29, 1.82) is 0 Å². The molecule has 20 heavy (non-hydrogen) atoms. The Balaban J connectivity index is 2.93. The molecular weight excluding hydrogens is 266 g/mol. The highest BCUT2D eigenvalue weighted by molar-refractivity contribution is 5.97. The van der Waals surface area contributed by atoms with E-state index in [1.54, 1.807) is 6.07 Å². The van der Waals surface area contributed by atoms with Gasteiger partial charge in [0.05, 0.1) is 14.2 Å². The van der Waals surface area contributed by atoms with Crippen molar-refractivity contribution in [1.82, 2.24) is 5.32 Å². The Morgan fingerprint density at radius 1 is 1.20 bits per heavy atom. The molecule has 1 aromatic carbocycles. The zero-order chi connectivity index (χ0) is 15.1. The van der Waals surface area contributed by atoms with Crippen molar-refractivity contribution in [2.45, 2.75) is 12.5 Å². The van der Waals surface area contributed by atoms with Gasteiger partial charge in [0.1, 0.15) is 17.5 Å². The lowest BCUT2D eigenvalue weighted by atomic mass is 10.1. The summed E-state index contributed by atoms with van der Waals surface area (Å²) in [6, 6.07) is 3.38. The molecule has 0 unspecified atom stereocenters. The lowest BCUT2D eigenvalue weighted by Gasteiger charge is -2.14. The van der Waals surface area contributed by atoms with Gasteiger partial charge in [0.25, 0.3) is 5.91 Å². The summed E-state index contributed by atoms with van der Waals surface area (Å²) >= 11 is 0. The largest absolute Gasteiger partial charge is 0.497 e. The number of aliphatic hydroxyl groups excluding tert-OH is 1. The van der Waals surface area contributed by atoms with Crippen LogP contribution in [0.15, 0.2) is 18.2 Å². The Bertz CT molecular complexity index is 465. The molecule has 0 saturated carbocycles. The summed E-state index contributed by atoms with van der Waals surface area (Å²) in [4.78, 5) is 22.9. The average Bonchev–Trinajstić information content (AvgIpc) is 2.45. The minimum Gasteiger partial charge on any atom is -0.497 e. The van der Waals surface area contributed by atoms with Gasteiger partial charge < -0.3 is 25.0 Å². The van der Waals surface area contributed by atoms with E-state index in [4.69, 9.17) is 19.7 Å². The van der Waals surface area contributed by atoms with Crippen LogP contribution in [0.1, 0.15) is 16.8 Å². The number of carboxylic acid groups (broad SMARTS) is 1. The zero-order valence-corrected chi connectivity index (χ0v) is 11.3. The van der Waals surface area contributed by atoms with Crippen molar-refractivity contribution in [3.05, 3.63) is 23.8 Å². The van der Waals surface area contributed by atoms with Gasteiger partial charge in [0.15, 0.2) is 0 Å². The Kier molecular flexibility index (Phi) is 5.79. The average molecular weight is 283 g/mol. The third kappa shape index (κ3) is 4.13. The van der Waals surface area contributed by atoms with Gasteiger partial charge in [-0.3, -0.25) is 4.79 Å². The summed E-state index contributed by atoms with van der Waals surface area (Å²) in [5.41, 5.74) is 0.213. The van der Waals surface area contributed by atoms with Gasteiger partial charge in [-0.15, -0.1) is 0 Å². The minimum atomic E-state index is -1.21. The lowest BCUT2D eigenvalue weighted by Crippen LogP contribution is -2.41. The number of nitrogens with one attached hydrogen (secondary N) is 1. The second-order valence-electron chi connectivity index (χ2n) is 3.98. The molecule has 0 aliphatic carbocycles. The summed E-state index contributed by atoms with van der Waals surface area (Å²) in [5.74, 6) is -0.947. The van der Waals surface area contributed by atoms with Crippen molar-refractivity contribution < 1.29 is 29.3 Å². The molecule has 0 radical (unpaired) electrons. The highest BCUT2D eigenvalue weighted by Crippen LogP contribution is 2.22. The summed E-state index contributed by atoms with van der Waals surface area (Å²) < 4.78 is 10.1. The van der Waals surface area contributed by atoms with Crippen LogP contribution in [0.3, 0.4) is 0 Å². The molecule has 1 aromatic rings. The van der Waals surface area contributed by atoms with Gasteiger partial charge >= 0.3 is 5.97 Å². The molecule has 1 amide bonds. The molecule has 1 atom stereocenters. The number of carboxylic acids is 1. The van der Waals surface area contributed by atoms with E-state index in [0.29, 0.717) is 11.5 Å². The second kappa shape index (κ2) is 7.34. The van der Waals surface area contributed by atoms with Gasteiger partial charge in [-0.2, -0.15) is 0 Å². The van der Waals surface area contributed by atoms with Gasteiger partial charge in [-0.05, 0) is 12.1 Å². The van der Waals surface area contributed by atoms with Gasteiger partial charge in [0.2, 0.25) is 0 Å². The van der Waals surface area contributed by atoms with Crippen LogP contribution < -0.4 is 14.8 Å². The van der Waals surface area contributed by atoms with E-state index in [9.17, 15) is 9.59 Å². The number of hydrogen-bond acceptors (Lipinski definition) is 5. The number of rotatable bonds is 7. The molecule has 0 aliphatic heterocycles. The maximum absolute atomic E-state index is 12.0. The fraction of sp³-hybridized carbons (Fsp3) is 0.385. The van der Waals surface area contributed by atoms with Crippen LogP contribution in [-0.4, -0.2) is 49.0 Å². The fourth-order valence-electron chi connectivity index (χ4n) is 1.57. The quantitative estimate of drug-likeness (QED) is 0.663. The Hall–Kier alpha value is -2.28. The number of benzene rings is 1. The van der Waals surface area contributed by atoms with E-state index in [1.165, 1.54) is 26.4 Å². The van der Waals surface area contributed by atoms with E-state index in [2.05, 4.69) is 5.32 Å². The number of aliphatic hydroxyl groups is 1. The molecule has 0 aromatic heterocycles. The topological polar surface area (TPSA) is 105 Å². The first-order valence-corrected chi connectivity index (χ1v) is 5.89. The molecule has 0 fully saturated rings. The van der Waals surface area contributed by atoms with E-state index >= 15 is 0 Å². The molecule has 1 rings (SSSR count). The van der Waals surface area contributed by atoms with Crippen molar-refractivity contribution in [3.8, 4) is 11.5 Å². The van der Waals surface area contributed by atoms with Crippen LogP contribution in [0.5, 0.6) is 11.5 Å². The first-order valence-electron chi connectivity index (χ1n) is 5.89. The first kappa shape index (κ1) is 15.8. The monoisotopic (exact) mass is 283 g/mol. The first-order chi connectivity index (χ1) is 9.51. The van der Waals surface area contributed by atoms with Gasteiger partial charge in [-0.1, -0.05) is 0 Å². The summed E-state index contributed by atoms with van der Waals surface area (Å²) in [6.07, 6.45) is -0.0673. The molecule has 0 bridgehead atoms. The van der Waals surface area contributed by atoms with Crippen molar-refractivity contribution in [3.63, 3.8) is 0 Å². The van der Waals surface area contributed by atoms with Gasteiger partial charge in [0, 0.05) is 24.7 Å². The SMILES string of the molecule is COc1cc(OC)cc(C(=O)N[C@H](CCO)C(=O)O)c1. The maximum Gasteiger partial charge on any atom is 0.326 e. The highest BCUT2D eigenvalue weighted by Gasteiger charge is 2.20. The van der Waals surface area contributed by atoms with Crippen LogP contribution in [0, 0.1) is 0 Å². The molecule has 7 heteroatoms. The van der Waals surface area contributed by atoms with Gasteiger partial charge in [-0.25, -0.2) is 4.79 Å². The minimum absolute atomic E-state index is 0.0673. The standard InChI is InChI=1S/C13H17NO6/c1-19-9-5-8(6-10(7-9)20-2)12(16)14-11(3-4-15)13(17)18/h5-7,11,15H,3-4H2,1-2H3,(H,14,16)(H,17,18)/t11-/m1/s1. The normalized spacial score (nSPS) is 11.6. The number of methoxy groups -OCH3 is 2. The van der Waals surface area contributed by atoms with E-state index in [1.807, 2.05) is 0 Å². The van der Waals surface area contributed by atoms with E-state index < -0.39 is 17.9 Å². The molecule has 110 valence electrons. The van der Waals surface area contributed by atoms with E-state index in [-0.39, 0.29) is 18.6 Å². The predicted octanol–water partition coefficient (Wildman–Crippen LogP) is 0.269. The van der Waals surface area contributed by atoms with Crippen LogP contribution in [-0.2, 0) is 4.79 Å². The molecule has 3 N–H and O–H groups in total. The smallest absolute Gasteiger partial charge is 0.326 e. The molecular formula is C13H17NO6. The third-order valence-electron chi connectivity index (χ3n) is 2.63. The van der Waals surface area contributed by atoms with Crippen molar-refractivity contribution >= 4 is 11.9 Å².